The number of ketones is 1. The molecule has 9 heteroatoms. The summed E-state index contributed by atoms with van der Waals surface area (Å²) in [5, 5.41) is 6.35. The van der Waals surface area contributed by atoms with Crippen molar-refractivity contribution in [3.8, 4) is 0 Å². The number of esters is 1. The van der Waals surface area contributed by atoms with Crippen molar-refractivity contribution in [2.75, 3.05) is 0 Å². The third kappa shape index (κ3) is 6.81. The van der Waals surface area contributed by atoms with E-state index in [2.05, 4.69) is 50.2 Å². The molecule has 4 saturated carbocycles. The Balaban J connectivity index is 1.23. The van der Waals surface area contributed by atoms with Crippen LogP contribution in [0.2, 0.25) is 0 Å². The van der Waals surface area contributed by atoms with Crippen molar-refractivity contribution in [2.45, 2.75) is 151 Å². The van der Waals surface area contributed by atoms with Crippen LogP contribution < -0.4 is 10.6 Å². The van der Waals surface area contributed by atoms with E-state index >= 15 is 0 Å². The van der Waals surface area contributed by atoms with Gasteiger partial charge in [0.1, 0.15) is 17.9 Å². The number of nitrogens with zero attached hydrogens (tertiary/aromatic N) is 1. The first-order valence-electron chi connectivity index (χ1n) is 20.2. The lowest BCUT2D eigenvalue weighted by Gasteiger charge is -2.67. The number of Topliss-reactive ketones (excluding diaryl/α,β-unsaturated/α-hetero) is 1. The molecule has 6 rings (SSSR count). The van der Waals surface area contributed by atoms with Crippen LogP contribution in [0.25, 0.3) is 0 Å². The molecule has 0 aromatic carbocycles. The molecular formula is C44H63N3O6. The molecule has 1 aromatic heterocycles. The van der Waals surface area contributed by atoms with Crippen LogP contribution in [0, 0.1) is 58.7 Å². The number of ether oxygens (including phenoxy) is 1. The molecule has 9 nitrogen and oxygen atoms in total. The quantitative estimate of drug-likeness (QED) is 0.199. The summed E-state index contributed by atoms with van der Waals surface area (Å²) in [5.41, 5.74) is 0.777. The van der Waals surface area contributed by atoms with E-state index < -0.39 is 16.5 Å². The summed E-state index contributed by atoms with van der Waals surface area (Å²) in [6.07, 6.45) is 10.3. The fourth-order valence-electron chi connectivity index (χ4n) is 12.2. The van der Waals surface area contributed by atoms with Crippen LogP contribution in [0.5, 0.6) is 0 Å². The molecule has 1 heterocycles. The molecule has 0 aliphatic heterocycles. The molecule has 0 spiro atoms. The minimum Gasteiger partial charge on any atom is -0.462 e. The Labute approximate surface area is 316 Å². The first-order valence-corrected chi connectivity index (χ1v) is 20.2. The molecular weight excluding hydrogens is 666 g/mol. The second-order valence-corrected chi connectivity index (χ2v) is 19.6. The number of aromatic nitrogens is 1. The predicted octanol–water partition coefficient (Wildman–Crippen LogP) is 7.49. The van der Waals surface area contributed by atoms with Crippen LogP contribution in [0.15, 0.2) is 29.5 Å². The van der Waals surface area contributed by atoms with Gasteiger partial charge in [-0.25, -0.2) is 0 Å². The highest BCUT2D eigenvalue weighted by Crippen LogP contribution is 2.70. The van der Waals surface area contributed by atoms with Gasteiger partial charge in [0.25, 0.3) is 5.91 Å². The Morgan fingerprint density at radius 3 is 2.28 bits per heavy atom. The number of nitrogens with one attached hydrogen (secondary N) is 2. The van der Waals surface area contributed by atoms with Gasteiger partial charge in [0.2, 0.25) is 5.91 Å². The van der Waals surface area contributed by atoms with Crippen molar-refractivity contribution in [3.05, 3.63) is 40.7 Å². The number of allylic oxidation sites excluding steroid dienone is 1. The fourth-order valence-corrected chi connectivity index (χ4v) is 12.2. The third-order valence-corrected chi connectivity index (χ3v) is 14.8. The van der Waals surface area contributed by atoms with Crippen molar-refractivity contribution >= 4 is 29.9 Å². The van der Waals surface area contributed by atoms with Crippen molar-refractivity contribution in [3.63, 3.8) is 0 Å². The lowest BCUT2D eigenvalue weighted by Crippen LogP contribution is -2.65. The van der Waals surface area contributed by atoms with Gasteiger partial charge in [0, 0.05) is 23.7 Å². The summed E-state index contributed by atoms with van der Waals surface area (Å²) in [7, 11) is 0. The van der Waals surface area contributed by atoms with E-state index in [1.165, 1.54) is 11.8 Å². The molecule has 9 atom stereocenters. The van der Waals surface area contributed by atoms with Crippen molar-refractivity contribution < 1.29 is 28.7 Å². The lowest BCUT2D eigenvalue weighted by atomic mass is 9.38. The van der Waals surface area contributed by atoms with E-state index in [0.717, 1.165) is 62.5 Å². The Bertz CT molecular complexity index is 1690. The summed E-state index contributed by atoms with van der Waals surface area (Å²) >= 11 is 0. The van der Waals surface area contributed by atoms with Crippen LogP contribution in [-0.4, -0.2) is 52.0 Å². The van der Waals surface area contributed by atoms with Gasteiger partial charge in [0.05, 0.1) is 17.5 Å². The van der Waals surface area contributed by atoms with Gasteiger partial charge in [-0.2, -0.15) is 0 Å². The molecule has 9 unspecified atom stereocenters. The molecule has 1 aromatic rings. The van der Waals surface area contributed by atoms with Gasteiger partial charge in [-0.3, -0.25) is 24.2 Å². The number of amides is 2. The number of rotatable bonds is 9. The average Bonchev–Trinajstić information content (AvgIpc) is 3.37. The highest BCUT2D eigenvalue weighted by Gasteiger charge is 2.65. The topological polar surface area (TPSA) is 132 Å². The molecule has 5 aliphatic rings. The summed E-state index contributed by atoms with van der Waals surface area (Å²) in [4.78, 5) is 70.0. The van der Waals surface area contributed by atoms with Gasteiger partial charge in [-0.05, 0) is 142 Å². The number of aryl methyl sites for hydroxylation is 1. The van der Waals surface area contributed by atoms with E-state index in [-0.39, 0.29) is 71.1 Å². The van der Waals surface area contributed by atoms with Crippen LogP contribution in [0.4, 0.5) is 0 Å². The fraction of sp³-hybridized carbons (Fsp3) is 0.727. The van der Waals surface area contributed by atoms with Crippen molar-refractivity contribution in [2.24, 2.45) is 51.8 Å². The summed E-state index contributed by atoms with van der Waals surface area (Å²) in [6.45, 7) is 20.4. The smallest absolute Gasteiger partial charge is 0.307 e. The van der Waals surface area contributed by atoms with Crippen LogP contribution in [0.3, 0.4) is 0 Å². The molecule has 4 fully saturated rings. The number of hydrogen-bond acceptors (Lipinski definition) is 7. The van der Waals surface area contributed by atoms with Gasteiger partial charge in [0.15, 0.2) is 5.78 Å². The molecule has 2 amide bonds. The monoisotopic (exact) mass is 729 g/mol. The molecule has 290 valence electrons. The molecule has 2 N–H and O–H groups in total. The SMILES string of the molecule is Cc1ccc(C(=O)NC(C)(C)C(=O)NC23CCC4C(CCC5C4(C)CCC4C(C)C(OC(=O)CC(C)(C)C=O)CCC45C)C2=C(C(C)C)C(=O)C3)cn1. The van der Waals surface area contributed by atoms with Crippen LogP contribution in [0.1, 0.15) is 143 Å². The Kier molecular flexibility index (Phi) is 10.2. The Hall–Kier alpha value is -3.36. The summed E-state index contributed by atoms with van der Waals surface area (Å²) in [5.74, 6) is 1.06. The largest absolute Gasteiger partial charge is 0.462 e. The Morgan fingerprint density at radius 1 is 0.981 bits per heavy atom. The van der Waals surface area contributed by atoms with E-state index in [9.17, 15) is 24.0 Å². The number of pyridine rings is 1. The number of carbonyl (C=O) groups is 5. The summed E-state index contributed by atoms with van der Waals surface area (Å²) < 4.78 is 6.09. The molecule has 53 heavy (non-hydrogen) atoms. The van der Waals surface area contributed by atoms with Crippen LogP contribution >= 0.6 is 0 Å². The van der Waals surface area contributed by atoms with Gasteiger partial charge >= 0.3 is 5.97 Å². The zero-order valence-electron chi connectivity index (χ0n) is 33.8. The van der Waals surface area contributed by atoms with Crippen LogP contribution in [-0.2, 0) is 23.9 Å². The molecule has 5 aliphatic carbocycles. The highest BCUT2D eigenvalue weighted by molar-refractivity contribution is 6.03. The van der Waals surface area contributed by atoms with E-state index in [1.807, 2.05) is 6.92 Å². The predicted molar refractivity (Wildman–Crippen MR) is 203 cm³/mol. The van der Waals surface area contributed by atoms with E-state index in [4.69, 9.17) is 4.74 Å². The minimum absolute atomic E-state index is 0.0477. The molecule has 0 radical (unpaired) electrons. The molecule has 0 saturated heterocycles. The third-order valence-electron chi connectivity index (χ3n) is 14.8. The number of aldehydes is 1. The van der Waals surface area contributed by atoms with E-state index in [1.54, 1.807) is 39.8 Å². The summed E-state index contributed by atoms with van der Waals surface area (Å²) in [6, 6.07) is 3.49. The Morgan fingerprint density at radius 2 is 1.64 bits per heavy atom. The second-order valence-electron chi connectivity index (χ2n) is 19.6. The van der Waals surface area contributed by atoms with Gasteiger partial charge in [-0.1, -0.05) is 48.5 Å². The zero-order chi connectivity index (χ0) is 38.9. The minimum atomic E-state index is -1.21. The number of hydrogen-bond donors (Lipinski definition) is 2. The number of fused-ring (bicyclic) bond motifs is 7. The molecule has 0 bridgehead atoms. The van der Waals surface area contributed by atoms with E-state index in [0.29, 0.717) is 29.7 Å². The first-order chi connectivity index (χ1) is 24.7. The normalized spacial score (nSPS) is 35.4. The van der Waals surface area contributed by atoms with Crippen molar-refractivity contribution in [1.29, 1.82) is 0 Å². The highest BCUT2D eigenvalue weighted by atomic mass is 16.5. The first kappa shape index (κ1) is 39.3. The van der Waals surface area contributed by atoms with Gasteiger partial charge < -0.3 is 20.2 Å². The average molecular weight is 730 g/mol. The standard InChI is InChI=1S/C44H63N3O6/c1-25(2)36-32(49)21-44(47-39(52)41(7,8)46-38(51)28-12-11-26(3)45-23-28)20-16-31-29(37(36)44)13-14-34-42(9)19-17-33(53-35(50)22-40(5,6)24-48)27(4)30(42)15-18-43(31,34)10/h11-12,23-25,27,29-31,33-34H,13-22H2,1-10H3,(H,46,51)(H,47,52). The van der Waals surface area contributed by atoms with Gasteiger partial charge in [-0.15, -0.1) is 0 Å². The lowest BCUT2D eigenvalue weighted by molar-refractivity contribution is -0.190. The maximum Gasteiger partial charge on any atom is 0.307 e. The second kappa shape index (κ2) is 13.7. The maximum absolute atomic E-state index is 14.2. The van der Waals surface area contributed by atoms with Crippen molar-refractivity contribution in [1.82, 2.24) is 15.6 Å². The number of carbonyl (C=O) groups excluding carboxylic acids is 5. The zero-order valence-corrected chi connectivity index (χ0v) is 33.8. The maximum atomic E-state index is 14.2.